The van der Waals surface area contributed by atoms with Gasteiger partial charge in [-0.3, -0.25) is 4.98 Å². The molecular formula is C13H9NO. The molecule has 2 nitrogen and oxygen atoms in total. The monoisotopic (exact) mass is 195 g/mol. The predicted octanol–water partition coefficient (Wildman–Crippen LogP) is 3.49. The van der Waals surface area contributed by atoms with Gasteiger partial charge in [-0.25, -0.2) is 0 Å². The lowest BCUT2D eigenvalue weighted by Crippen LogP contribution is -1.79. The van der Waals surface area contributed by atoms with Crippen LogP contribution in [0.1, 0.15) is 0 Å². The van der Waals surface area contributed by atoms with Gasteiger partial charge >= 0.3 is 0 Å². The summed E-state index contributed by atoms with van der Waals surface area (Å²) in [5, 5.41) is 1.12. The van der Waals surface area contributed by atoms with Crippen molar-refractivity contribution in [3.05, 3.63) is 55.1 Å². The zero-order chi connectivity index (χ0) is 10.1. The van der Waals surface area contributed by atoms with E-state index in [1.807, 2.05) is 42.6 Å². The number of hydrogen-bond donors (Lipinski definition) is 0. The molecular weight excluding hydrogens is 186 g/mol. The molecule has 72 valence electrons. The van der Waals surface area contributed by atoms with Crippen LogP contribution in [-0.4, -0.2) is 4.98 Å². The highest BCUT2D eigenvalue weighted by atomic mass is 16.3. The lowest BCUT2D eigenvalue weighted by atomic mass is 10.1. The number of aromatic nitrogens is 1. The van der Waals surface area contributed by atoms with Crippen molar-refractivity contribution in [2.45, 2.75) is 0 Å². The van der Waals surface area contributed by atoms with Crippen molar-refractivity contribution >= 4 is 11.0 Å². The second-order valence-electron chi connectivity index (χ2n) is 3.39. The minimum Gasteiger partial charge on any atom is -0.464 e. The summed E-state index contributed by atoms with van der Waals surface area (Å²) in [5.74, 6) is 0. The van der Waals surface area contributed by atoms with Gasteiger partial charge in [-0.15, -0.1) is 0 Å². The highest BCUT2D eigenvalue weighted by Gasteiger charge is 2.05. The Bertz CT molecular complexity index is 584. The lowest BCUT2D eigenvalue weighted by Gasteiger charge is -2.00. The smallest absolute Gasteiger partial charge is 0.141 e. The normalized spacial score (nSPS) is 10.7. The number of para-hydroxylation sites is 1. The summed E-state index contributed by atoms with van der Waals surface area (Å²) in [4.78, 5) is 4.11. The van der Waals surface area contributed by atoms with Gasteiger partial charge in [0.1, 0.15) is 5.58 Å². The number of pyridine rings is 1. The Morgan fingerprint density at radius 1 is 1.00 bits per heavy atom. The molecule has 0 saturated carbocycles. The van der Waals surface area contributed by atoms with Crippen LogP contribution in [0.2, 0.25) is 0 Å². The molecule has 3 rings (SSSR count). The van der Waals surface area contributed by atoms with Gasteiger partial charge < -0.3 is 4.42 Å². The molecule has 2 heteroatoms. The second kappa shape index (κ2) is 3.24. The zero-order valence-corrected chi connectivity index (χ0v) is 8.05. The molecule has 0 aliphatic heterocycles. The van der Waals surface area contributed by atoms with E-state index in [2.05, 4.69) is 4.98 Å². The van der Waals surface area contributed by atoms with Crippen molar-refractivity contribution < 1.29 is 4.42 Å². The fraction of sp³-hybridized carbons (Fsp3) is 0. The van der Waals surface area contributed by atoms with Gasteiger partial charge in [-0.05, 0) is 12.1 Å². The first-order valence-electron chi connectivity index (χ1n) is 4.82. The zero-order valence-electron chi connectivity index (χ0n) is 8.05. The van der Waals surface area contributed by atoms with E-state index in [9.17, 15) is 0 Å². The Hall–Kier alpha value is -2.09. The van der Waals surface area contributed by atoms with Crippen molar-refractivity contribution in [3.8, 4) is 11.1 Å². The van der Waals surface area contributed by atoms with Gasteiger partial charge in [0.05, 0.1) is 6.26 Å². The third-order valence-electron chi connectivity index (χ3n) is 2.45. The molecule has 0 radical (unpaired) electrons. The Morgan fingerprint density at radius 3 is 2.87 bits per heavy atom. The van der Waals surface area contributed by atoms with Crippen LogP contribution < -0.4 is 0 Å². The summed E-state index contributed by atoms with van der Waals surface area (Å²) in [6.07, 6.45) is 5.33. The molecule has 0 aliphatic carbocycles. The third kappa shape index (κ3) is 1.31. The van der Waals surface area contributed by atoms with Crippen molar-refractivity contribution in [2.24, 2.45) is 0 Å². The molecule has 0 spiro atoms. The van der Waals surface area contributed by atoms with Crippen LogP contribution in [0.5, 0.6) is 0 Å². The number of hydrogen-bond acceptors (Lipinski definition) is 2. The fourth-order valence-electron chi connectivity index (χ4n) is 1.74. The maximum atomic E-state index is 5.48. The van der Waals surface area contributed by atoms with Crippen molar-refractivity contribution in [1.82, 2.24) is 4.98 Å². The van der Waals surface area contributed by atoms with Crippen LogP contribution >= 0.6 is 0 Å². The highest BCUT2D eigenvalue weighted by molar-refractivity contribution is 5.92. The summed E-state index contributed by atoms with van der Waals surface area (Å²) in [6, 6.07) is 12.0. The van der Waals surface area contributed by atoms with Crippen LogP contribution in [0.15, 0.2) is 59.5 Å². The van der Waals surface area contributed by atoms with Gasteiger partial charge in [0.2, 0.25) is 0 Å². The lowest BCUT2D eigenvalue weighted by molar-refractivity contribution is 0.617. The van der Waals surface area contributed by atoms with Crippen LogP contribution in [-0.2, 0) is 0 Å². The Balaban J connectivity index is 2.31. The summed E-state index contributed by atoms with van der Waals surface area (Å²) >= 11 is 0. The minimum absolute atomic E-state index is 0.922. The van der Waals surface area contributed by atoms with Gasteiger partial charge in [-0.1, -0.05) is 24.3 Å². The fourth-order valence-corrected chi connectivity index (χ4v) is 1.74. The van der Waals surface area contributed by atoms with Crippen LogP contribution in [0, 0.1) is 0 Å². The first kappa shape index (κ1) is 8.24. The second-order valence-corrected chi connectivity index (χ2v) is 3.39. The van der Waals surface area contributed by atoms with E-state index in [1.165, 1.54) is 0 Å². The van der Waals surface area contributed by atoms with E-state index in [1.54, 1.807) is 12.5 Å². The minimum atomic E-state index is 0.922. The standard InChI is InChI=1S/C13H9NO/c1-3-10-6-8-15-13(10)12(5-1)11-4-2-7-14-9-11/h1-9H. The van der Waals surface area contributed by atoms with Gasteiger partial charge in [0.15, 0.2) is 0 Å². The average Bonchev–Trinajstić information content (AvgIpc) is 2.78. The molecule has 2 heterocycles. The van der Waals surface area contributed by atoms with Crippen molar-refractivity contribution in [2.75, 3.05) is 0 Å². The molecule has 2 aromatic heterocycles. The number of nitrogens with zero attached hydrogens (tertiary/aromatic N) is 1. The van der Waals surface area contributed by atoms with Crippen LogP contribution in [0.3, 0.4) is 0 Å². The molecule has 0 fully saturated rings. The van der Waals surface area contributed by atoms with E-state index in [-0.39, 0.29) is 0 Å². The third-order valence-corrected chi connectivity index (χ3v) is 2.45. The number of benzene rings is 1. The molecule has 15 heavy (non-hydrogen) atoms. The molecule has 0 N–H and O–H groups in total. The molecule has 0 bridgehead atoms. The molecule has 0 aliphatic rings. The van der Waals surface area contributed by atoms with Crippen molar-refractivity contribution in [3.63, 3.8) is 0 Å². The van der Waals surface area contributed by atoms with Gasteiger partial charge in [0, 0.05) is 28.9 Å². The molecule has 0 unspecified atom stereocenters. The summed E-state index contributed by atoms with van der Waals surface area (Å²) < 4.78 is 5.48. The van der Waals surface area contributed by atoms with E-state index < -0.39 is 0 Å². The first-order chi connectivity index (χ1) is 7.45. The molecule has 0 amide bonds. The number of fused-ring (bicyclic) bond motifs is 1. The average molecular weight is 195 g/mol. The summed E-state index contributed by atoms with van der Waals surface area (Å²) in [6.45, 7) is 0. The predicted molar refractivity (Wildman–Crippen MR) is 59.4 cm³/mol. The topological polar surface area (TPSA) is 26.0 Å². The van der Waals surface area contributed by atoms with Crippen LogP contribution in [0.4, 0.5) is 0 Å². The SMILES string of the molecule is c1cncc(-c2cccc3ccoc23)c1. The largest absolute Gasteiger partial charge is 0.464 e. The van der Waals surface area contributed by atoms with E-state index in [0.29, 0.717) is 0 Å². The van der Waals surface area contributed by atoms with Crippen LogP contribution in [0.25, 0.3) is 22.1 Å². The Kier molecular flexibility index (Phi) is 1.78. The van der Waals surface area contributed by atoms with Gasteiger partial charge in [0.25, 0.3) is 0 Å². The van der Waals surface area contributed by atoms with E-state index in [4.69, 9.17) is 4.42 Å². The van der Waals surface area contributed by atoms with Gasteiger partial charge in [-0.2, -0.15) is 0 Å². The molecule has 1 aromatic carbocycles. The number of rotatable bonds is 1. The summed E-state index contributed by atoms with van der Waals surface area (Å²) in [7, 11) is 0. The Morgan fingerprint density at radius 2 is 2.00 bits per heavy atom. The summed E-state index contributed by atoms with van der Waals surface area (Å²) in [5.41, 5.74) is 3.09. The maximum absolute atomic E-state index is 5.48. The Labute approximate surface area is 87.2 Å². The number of furan rings is 1. The van der Waals surface area contributed by atoms with Crippen molar-refractivity contribution in [1.29, 1.82) is 0 Å². The van der Waals surface area contributed by atoms with E-state index >= 15 is 0 Å². The quantitative estimate of drug-likeness (QED) is 0.594. The van der Waals surface area contributed by atoms with E-state index in [0.717, 1.165) is 22.1 Å². The highest BCUT2D eigenvalue weighted by Crippen LogP contribution is 2.28. The molecule has 3 aromatic rings. The molecule has 0 atom stereocenters. The maximum Gasteiger partial charge on any atom is 0.141 e. The first-order valence-corrected chi connectivity index (χ1v) is 4.82. The molecule has 0 saturated heterocycles.